The summed E-state index contributed by atoms with van der Waals surface area (Å²) in [7, 11) is -0.588. The third kappa shape index (κ3) is 7.46. The molecule has 0 spiro atoms. The van der Waals surface area contributed by atoms with Gasteiger partial charge in [-0.25, -0.2) is 0 Å². The van der Waals surface area contributed by atoms with Gasteiger partial charge in [0.25, 0.3) is 0 Å². The molecule has 5 heteroatoms. The maximum Gasteiger partial charge on any atom is 0.312 e. The Bertz CT molecular complexity index is 1070. The lowest BCUT2D eigenvalue weighted by molar-refractivity contribution is -0.143. The molecule has 0 aliphatic carbocycles. The second-order valence-corrected chi connectivity index (χ2v) is 15.7. The van der Waals surface area contributed by atoms with Crippen molar-refractivity contribution in [3.63, 3.8) is 0 Å². The molecule has 0 saturated heterocycles. The fourth-order valence-corrected chi connectivity index (χ4v) is 5.79. The minimum Gasteiger partial charge on any atom is -0.546 e. The number of esters is 1. The monoisotopic (exact) mass is 529 g/mol. The minimum atomic E-state index is -2.02. The Labute approximate surface area is 230 Å². The van der Waals surface area contributed by atoms with Gasteiger partial charge in [-0.2, -0.15) is 0 Å². The van der Waals surface area contributed by atoms with Crippen LogP contribution in [0.5, 0.6) is 0 Å². The highest BCUT2D eigenvalue weighted by Gasteiger charge is 2.40. The predicted octanol–water partition coefficient (Wildman–Crippen LogP) is 7.53. The van der Waals surface area contributed by atoms with Gasteiger partial charge in [-0.3, -0.25) is 10.1 Å². The highest BCUT2D eigenvalue weighted by Crippen LogP contribution is 2.39. The van der Waals surface area contributed by atoms with E-state index >= 15 is 0 Å². The molecule has 38 heavy (non-hydrogen) atoms. The molecular weight excluding hydrogens is 486 g/mol. The van der Waals surface area contributed by atoms with Crippen molar-refractivity contribution in [2.75, 3.05) is 7.11 Å². The van der Waals surface area contributed by atoms with Crippen LogP contribution >= 0.6 is 0 Å². The van der Waals surface area contributed by atoms with Crippen LogP contribution in [0.1, 0.15) is 43.9 Å². The highest BCUT2D eigenvalue weighted by atomic mass is 28.4. The van der Waals surface area contributed by atoms with E-state index in [0.29, 0.717) is 5.92 Å². The van der Waals surface area contributed by atoms with Crippen LogP contribution in [0, 0.1) is 11.8 Å². The van der Waals surface area contributed by atoms with E-state index in [4.69, 9.17) is 9.16 Å². The van der Waals surface area contributed by atoms with Gasteiger partial charge in [0.1, 0.15) is 0 Å². The highest BCUT2D eigenvalue weighted by molar-refractivity contribution is 6.70. The molecule has 0 aliphatic heterocycles. The molecule has 2 atom stereocenters. The summed E-state index contributed by atoms with van der Waals surface area (Å²) in [5.41, 5.74) is 2.76. The molecule has 0 saturated carbocycles. The topological polar surface area (TPSA) is 47.6 Å². The first-order valence-corrected chi connectivity index (χ1v) is 16.9. The van der Waals surface area contributed by atoms with E-state index in [9.17, 15) is 4.79 Å². The average Bonchev–Trinajstić information content (AvgIpc) is 2.90. The van der Waals surface area contributed by atoms with Crippen molar-refractivity contribution in [3.8, 4) is 0 Å². The van der Waals surface area contributed by atoms with E-state index in [0.717, 1.165) is 28.9 Å². The summed E-state index contributed by atoms with van der Waals surface area (Å²) < 4.78 is 11.8. The first kappa shape index (κ1) is 29.4. The zero-order chi connectivity index (χ0) is 27.8. The van der Waals surface area contributed by atoms with Gasteiger partial charge in [0, 0.05) is 0 Å². The number of carbonyl (C=O) groups excluding carboxylic acids is 1. The van der Waals surface area contributed by atoms with Crippen molar-refractivity contribution >= 4 is 14.3 Å². The smallest absolute Gasteiger partial charge is 0.312 e. The second kappa shape index (κ2) is 13.1. The van der Waals surface area contributed by atoms with Crippen LogP contribution in [-0.2, 0) is 19.5 Å². The van der Waals surface area contributed by atoms with Crippen molar-refractivity contribution in [2.24, 2.45) is 11.8 Å². The van der Waals surface area contributed by atoms with Crippen LogP contribution in [-0.4, -0.2) is 27.4 Å². The Balaban J connectivity index is 2.30. The molecule has 0 aliphatic rings. The van der Waals surface area contributed by atoms with Gasteiger partial charge in [0.2, 0.25) is 8.32 Å². The SMILES string of the molecule is COC(=O)[C@H](C)C=C(O[Si](C)(C)C)[C@H](CC(C)C)NC(c1ccccc1)(c1ccccc1)c1ccccc1. The maximum absolute atomic E-state index is 12.5. The number of nitrogens with one attached hydrogen (secondary N) is 1. The molecule has 202 valence electrons. The zero-order valence-electron chi connectivity index (χ0n) is 23.9. The molecule has 0 bridgehead atoms. The second-order valence-electron chi connectivity index (χ2n) is 11.3. The summed E-state index contributed by atoms with van der Waals surface area (Å²) in [6, 6.07) is 31.6. The molecule has 0 heterocycles. The Morgan fingerprint density at radius 2 is 1.24 bits per heavy atom. The van der Waals surface area contributed by atoms with Gasteiger partial charge >= 0.3 is 5.97 Å². The Morgan fingerprint density at radius 1 is 0.816 bits per heavy atom. The molecule has 3 rings (SSSR count). The quantitative estimate of drug-likeness (QED) is 0.114. The molecule has 4 nitrogen and oxygen atoms in total. The number of ether oxygens (including phenoxy) is 1. The molecule has 3 aromatic rings. The molecule has 0 unspecified atom stereocenters. The molecule has 3 aromatic carbocycles. The van der Waals surface area contributed by atoms with Gasteiger partial charge in [-0.15, -0.1) is 0 Å². The lowest BCUT2D eigenvalue weighted by Gasteiger charge is -2.42. The largest absolute Gasteiger partial charge is 0.546 e. The van der Waals surface area contributed by atoms with Crippen molar-refractivity contribution < 1.29 is 14.0 Å². The molecule has 0 fully saturated rings. The van der Waals surface area contributed by atoms with E-state index in [1.165, 1.54) is 7.11 Å². The van der Waals surface area contributed by atoms with Crippen LogP contribution in [0.15, 0.2) is 103 Å². The summed E-state index contributed by atoms with van der Waals surface area (Å²) in [5, 5.41) is 4.11. The number of hydrogen-bond acceptors (Lipinski definition) is 4. The minimum absolute atomic E-state index is 0.158. The molecule has 0 radical (unpaired) electrons. The fraction of sp³-hybridized carbons (Fsp3) is 0.364. The maximum atomic E-state index is 12.5. The van der Waals surface area contributed by atoms with Crippen molar-refractivity contribution in [2.45, 2.75) is 58.4 Å². The van der Waals surface area contributed by atoms with Crippen molar-refractivity contribution in [3.05, 3.63) is 120 Å². The lowest BCUT2D eigenvalue weighted by Crippen LogP contribution is -2.52. The van der Waals surface area contributed by atoms with Gasteiger partial charge in [0.05, 0.1) is 30.4 Å². The molecule has 0 amide bonds. The Morgan fingerprint density at radius 3 is 1.58 bits per heavy atom. The normalized spacial score (nSPS) is 14.2. The number of rotatable bonds is 12. The van der Waals surface area contributed by atoms with Crippen molar-refractivity contribution in [1.82, 2.24) is 5.32 Å². The molecule has 1 N–H and O–H groups in total. The van der Waals surface area contributed by atoms with E-state index in [-0.39, 0.29) is 12.0 Å². The molecular formula is C33H43NO3Si. The first-order chi connectivity index (χ1) is 18.1. The summed E-state index contributed by atoms with van der Waals surface area (Å²) >= 11 is 0. The van der Waals surface area contributed by atoms with Gasteiger partial charge in [-0.05, 0) is 61.7 Å². The van der Waals surface area contributed by atoms with Gasteiger partial charge in [0.15, 0.2) is 0 Å². The number of methoxy groups -OCH3 is 1. The standard InChI is InChI=1S/C33H43NO3Si/c1-25(2)23-30(31(37-38(5,6)7)24-26(3)32(35)36-4)34-33(27-17-11-8-12-18-27,28-19-13-9-14-20-28)29-21-15-10-16-22-29/h8-22,24-26,30,34H,23H2,1-7H3/t26-,30+/m1/s1. The van der Waals surface area contributed by atoms with E-state index in [1.807, 2.05) is 31.2 Å². The summed E-state index contributed by atoms with van der Waals surface area (Å²) in [5.74, 6) is 0.491. The van der Waals surface area contributed by atoms with Gasteiger partial charge < -0.3 is 9.16 Å². The Kier molecular flexibility index (Phi) is 10.1. The van der Waals surface area contributed by atoms with Crippen LogP contribution in [0.25, 0.3) is 0 Å². The number of carbonyl (C=O) groups is 1. The molecule has 0 aromatic heterocycles. The van der Waals surface area contributed by atoms with Crippen LogP contribution in [0.3, 0.4) is 0 Å². The van der Waals surface area contributed by atoms with Crippen LogP contribution < -0.4 is 5.32 Å². The van der Waals surface area contributed by atoms with Crippen LogP contribution in [0.2, 0.25) is 19.6 Å². The van der Waals surface area contributed by atoms with Crippen molar-refractivity contribution in [1.29, 1.82) is 0 Å². The van der Waals surface area contributed by atoms with E-state index < -0.39 is 19.8 Å². The van der Waals surface area contributed by atoms with E-state index in [2.05, 4.69) is 112 Å². The summed E-state index contributed by atoms with van der Waals surface area (Å²) in [4.78, 5) is 12.5. The van der Waals surface area contributed by atoms with E-state index in [1.54, 1.807) is 0 Å². The third-order valence-corrected chi connectivity index (χ3v) is 7.32. The summed E-state index contributed by atoms with van der Waals surface area (Å²) in [6.07, 6.45) is 2.79. The summed E-state index contributed by atoms with van der Waals surface area (Å²) in [6.45, 7) is 12.8. The fourth-order valence-electron chi connectivity index (χ4n) is 4.87. The first-order valence-electron chi connectivity index (χ1n) is 13.5. The Hall–Kier alpha value is -3.15. The average molecular weight is 530 g/mol. The van der Waals surface area contributed by atoms with Crippen LogP contribution in [0.4, 0.5) is 0 Å². The third-order valence-electron chi connectivity index (χ3n) is 6.47. The predicted molar refractivity (Wildman–Crippen MR) is 159 cm³/mol. The number of benzene rings is 3. The van der Waals surface area contributed by atoms with Gasteiger partial charge in [-0.1, -0.05) is 105 Å². The number of hydrogen-bond donors (Lipinski definition) is 1. The lowest BCUT2D eigenvalue weighted by atomic mass is 9.76. The zero-order valence-corrected chi connectivity index (χ0v) is 24.9.